The quantitative estimate of drug-likeness (QED) is 0.714. The Kier molecular flexibility index (Phi) is 3.61. The van der Waals surface area contributed by atoms with Gasteiger partial charge in [0.15, 0.2) is 0 Å². The third-order valence-corrected chi connectivity index (χ3v) is 3.26. The molecule has 2 aromatic rings. The van der Waals surface area contributed by atoms with Gasteiger partial charge in [0.1, 0.15) is 6.29 Å². The molecule has 0 saturated carbocycles. The van der Waals surface area contributed by atoms with Gasteiger partial charge in [-0.3, -0.25) is 4.79 Å². The average molecular weight is 238 g/mol. The molecular formula is C17H18O. The SMILES string of the molecule is Cc1cc(C=O)ccc1-c1ccccc1C(C)C. The van der Waals surface area contributed by atoms with E-state index in [1.807, 2.05) is 18.2 Å². The van der Waals surface area contributed by atoms with Gasteiger partial charge in [0.2, 0.25) is 0 Å². The fraction of sp³-hybridized carbons (Fsp3) is 0.235. The molecule has 1 nitrogen and oxygen atoms in total. The first-order chi connectivity index (χ1) is 8.63. The van der Waals surface area contributed by atoms with Crippen molar-refractivity contribution in [3.8, 4) is 11.1 Å². The largest absolute Gasteiger partial charge is 0.298 e. The summed E-state index contributed by atoms with van der Waals surface area (Å²) in [5, 5.41) is 0. The number of hydrogen-bond donors (Lipinski definition) is 0. The molecule has 0 N–H and O–H groups in total. The fourth-order valence-electron chi connectivity index (χ4n) is 2.31. The van der Waals surface area contributed by atoms with Gasteiger partial charge < -0.3 is 0 Å². The molecule has 0 fully saturated rings. The molecule has 0 saturated heterocycles. The molecule has 0 unspecified atom stereocenters. The van der Waals surface area contributed by atoms with Crippen LogP contribution in [0.3, 0.4) is 0 Å². The summed E-state index contributed by atoms with van der Waals surface area (Å²) in [6, 6.07) is 14.3. The zero-order chi connectivity index (χ0) is 13.1. The second-order valence-electron chi connectivity index (χ2n) is 4.93. The topological polar surface area (TPSA) is 17.1 Å². The van der Waals surface area contributed by atoms with Crippen molar-refractivity contribution in [1.29, 1.82) is 0 Å². The van der Waals surface area contributed by atoms with E-state index in [-0.39, 0.29) is 0 Å². The van der Waals surface area contributed by atoms with Gasteiger partial charge in [-0.05, 0) is 41.2 Å². The Morgan fingerprint density at radius 3 is 2.33 bits per heavy atom. The first kappa shape index (κ1) is 12.6. The minimum absolute atomic E-state index is 0.492. The van der Waals surface area contributed by atoms with Crippen molar-refractivity contribution in [2.45, 2.75) is 26.7 Å². The van der Waals surface area contributed by atoms with E-state index in [2.05, 4.69) is 45.0 Å². The van der Waals surface area contributed by atoms with E-state index in [0.717, 1.165) is 17.4 Å². The van der Waals surface area contributed by atoms with Crippen LogP contribution in [0.4, 0.5) is 0 Å². The summed E-state index contributed by atoms with van der Waals surface area (Å²) in [7, 11) is 0. The lowest BCUT2D eigenvalue weighted by Gasteiger charge is -2.14. The van der Waals surface area contributed by atoms with Crippen LogP contribution in [-0.2, 0) is 0 Å². The van der Waals surface area contributed by atoms with Gasteiger partial charge >= 0.3 is 0 Å². The Morgan fingerprint density at radius 1 is 1.00 bits per heavy atom. The van der Waals surface area contributed by atoms with Crippen molar-refractivity contribution >= 4 is 6.29 Å². The lowest BCUT2D eigenvalue weighted by atomic mass is 9.90. The van der Waals surface area contributed by atoms with Gasteiger partial charge in [-0.25, -0.2) is 0 Å². The van der Waals surface area contributed by atoms with Crippen LogP contribution in [-0.4, -0.2) is 6.29 Å². The predicted molar refractivity (Wildman–Crippen MR) is 76.1 cm³/mol. The highest BCUT2D eigenvalue weighted by Gasteiger charge is 2.09. The Bertz CT molecular complexity index is 568. The number of aryl methyl sites for hydroxylation is 1. The standard InChI is InChI=1S/C17H18O/c1-12(2)15-6-4-5-7-17(15)16-9-8-14(11-18)10-13(16)3/h4-12H,1-3H3. The summed E-state index contributed by atoms with van der Waals surface area (Å²) in [5.41, 5.74) is 5.71. The molecule has 1 heteroatoms. The van der Waals surface area contributed by atoms with Crippen molar-refractivity contribution < 1.29 is 4.79 Å². The maximum absolute atomic E-state index is 10.8. The van der Waals surface area contributed by atoms with Crippen molar-refractivity contribution in [2.75, 3.05) is 0 Å². The van der Waals surface area contributed by atoms with E-state index in [9.17, 15) is 4.79 Å². The normalized spacial score (nSPS) is 10.7. The molecule has 0 aliphatic carbocycles. The fourth-order valence-corrected chi connectivity index (χ4v) is 2.31. The van der Waals surface area contributed by atoms with Crippen LogP contribution in [0.15, 0.2) is 42.5 Å². The monoisotopic (exact) mass is 238 g/mol. The van der Waals surface area contributed by atoms with Crippen LogP contribution in [0.1, 0.15) is 41.3 Å². The summed E-state index contributed by atoms with van der Waals surface area (Å²) in [6.07, 6.45) is 0.894. The van der Waals surface area contributed by atoms with Gasteiger partial charge in [-0.15, -0.1) is 0 Å². The minimum atomic E-state index is 0.492. The molecule has 92 valence electrons. The summed E-state index contributed by atoms with van der Waals surface area (Å²) in [5.74, 6) is 0.492. The zero-order valence-corrected chi connectivity index (χ0v) is 11.1. The third kappa shape index (κ3) is 2.35. The van der Waals surface area contributed by atoms with E-state index < -0.39 is 0 Å². The molecule has 0 amide bonds. The highest BCUT2D eigenvalue weighted by atomic mass is 16.1. The van der Waals surface area contributed by atoms with Crippen molar-refractivity contribution in [2.24, 2.45) is 0 Å². The maximum Gasteiger partial charge on any atom is 0.150 e. The zero-order valence-electron chi connectivity index (χ0n) is 11.1. The summed E-state index contributed by atoms with van der Waals surface area (Å²) < 4.78 is 0. The molecule has 0 aliphatic heterocycles. The Labute approximate surface area is 108 Å². The van der Waals surface area contributed by atoms with Gasteiger partial charge in [-0.2, -0.15) is 0 Å². The lowest BCUT2D eigenvalue weighted by Crippen LogP contribution is -1.94. The summed E-state index contributed by atoms with van der Waals surface area (Å²) in [4.78, 5) is 10.8. The molecule has 2 aromatic carbocycles. The Morgan fingerprint density at radius 2 is 1.72 bits per heavy atom. The first-order valence-electron chi connectivity index (χ1n) is 6.28. The number of aldehydes is 1. The van der Waals surface area contributed by atoms with Crippen molar-refractivity contribution in [3.63, 3.8) is 0 Å². The van der Waals surface area contributed by atoms with Crippen LogP contribution in [0.5, 0.6) is 0 Å². The molecule has 2 rings (SSSR count). The number of hydrogen-bond acceptors (Lipinski definition) is 1. The Balaban J connectivity index is 2.58. The molecule has 0 atom stereocenters. The molecule has 0 aromatic heterocycles. The van der Waals surface area contributed by atoms with Gasteiger partial charge in [-0.1, -0.05) is 50.2 Å². The highest BCUT2D eigenvalue weighted by molar-refractivity contribution is 5.79. The highest BCUT2D eigenvalue weighted by Crippen LogP contribution is 2.31. The minimum Gasteiger partial charge on any atom is -0.298 e. The maximum atomic E-state index is 10.8. The number of rotatable bonds is 3. The molecule has 18 heavy (non-hydrogen) atoms. The molecule has 0 heterocycles. The third-order valence-electron chi connectivity index (χ3n) is 3.26. The smallest absolute Gasteiger partial charge is 0.150 e. The summed E-state index contributed by atoms with van der Waals surface area (Å²) >= 11 is 0. The Hall–Kier alpha value is -1.89. The van der Waals surface area contributed by atoms with Crippen LogP contribution < -0.4 is 0 Å². The second-order valence-corrected chi connectivity index (χ2v) is 4.93. The van der Waals surface area contributed by atoms with Crippen molar-refractivity contribution in [3.05, 3.63) is 59.2 Å². The molecule has 0 aliphatic rings. The number of benzene rings is 2. The van der Waals surface area contributed by atoms with Gasteiger partial charge in [0.05, 0.1) is 0 Å². The average Bonchev–Trinajstić information content (AvgIpc) is 2.38. The van der Waals surface area contributed by atoms with E-state index in [1.165, 1.54) is 16.7 Å². The van der Waals surface area contributed by atoms with Gasteiger partial charge in [0.25, 0.3) is 0 Å². The molecule has 0 spiro atoms. The predicted octanol–water partition coefficient (Wildman–Crippen LogP) is 4.60. The lowest BCUT2D eigenvalue weighted by molar-refractivity contribution is 0.112. The van der Waals surface area contributed by atoms with Crippen LogP contribution >= 0.6 is 0 Å². The molecule has 0 bridgehead atoms. The molecule has 0 radical (unpaired) electrons. The van der Waals surface area contributed by atoms with E-state index >= 15 is 0 Å². The second kappa shape index (κ2) is 5.18. The van der Waals surface area contributed by atoms with E-state index in [1.54, 1.807) is 0 Å². The van der Waals surface area contributed by atoms with Crippen LogP contribution in [0, 0.1) is 6.92 Å². The van der Waals surface area contributed by atoms with E-state index in [4.69, 9.17) is 0 Å². The van der Waals surface area contributed by atoms with Gasteiger partial charge in [0, 0.05) is 5.56 Å². The van der Waals surface area contributed by atoms with Crippen LogP contribution in [0.25, 0.3) is 11.1 Å². The number of carbonyl (C=O) groups is 1. The summed E-state index contributed by atoms with van der Waals surface area (Å²) in [6.45, 7) is 6.46. The molecular weight excluding hydrogens is 220 g/mol. The van der Waals surface area contributed by atoms with E-state index in [0.29, 0.717) is 5.92 Å². The van der Waals surface area contributed by atoms with Crippen LogP contribution in [0.2, 0.25) is 0 Å². The first-order valence-corrected chi connectivity index (χ1v) is 6.28. The number of carbonyl (C=O) groups excluding carboxylic acids is 1. The van der Waals surface area contributed by atoms with Crippen molar-refractivity contribution in [1.82, 2.24) is 0 Å².